The molecule has 26 heavy (non-hydrogen) atoms. The standard InChI is InChI=1S/C23H17N2O/c1-14-7-9-16-5-4-6-19-21(16)20(14)22-23(26-19)18-11-15(12-24-2)8-10-17(18)13-25(22)3/h4-11,13H,12H2,1,3H3/q+1. The second-order valence-corrected chi connectivity index (χ2v) is 6.87. The van der Waals surface area contributed by atoms with Gasteiger partial charge in [0.05, 0.1) is 5.56 Å². The van der Waals surface area contributed by atoms with Crippen LogP contribution in [0.1, 0.15) is 11.1 Å². The van der Waals surface area contributed by atoms with E-state index in [1.165, 1.54) is 21.9 Å². The van der Waals surface area contributed by atoms with Crippen molar-refractivity contribution in [3.05, 3.63) is 77.3 Å². The Bertz CT molecular complexity index is 1270. The number of hydrogen-bond acceptors (Lipinski definition) is 1. The summed E-state index contributed by atoms with van der Waals surface area (Å²) in [6.07, 6.45) is 2.14. The van der Waals surface area contributed by atoms with Gasteiger partial charge in [-0.15, -0.1) is 0 Å². The highest BCUT2D eigenvalue weighted by atomic mass is 16.5. The van der Waals surface area contributed by atoms with Crippen LogP contribution in [-0.2, 0) is 13.6 Å². The fourth-order valence-corrected chi connectivity index (χ4v) is 4.01. The summed E-state index contributed by atoms with van der Waals surface area (Å²) >= 11 is 0. The van der Waals surface area contributed by atoms with E-state index in [4.69, 9.17) is 11.3 Å². The molecule has 0 radical (unpaired) electrons. The van der Waals surface area contributed by atoms with E-state index >= 15 is 0 Å². The largest absolute Gasteiger partial charge is 0.449 e. The molecule has 0 saturated heterocycles. The molecule has 1 aliphatic rings. The third-order valence-electron chi connectivity index (χ3n) is 5.19. The Morgan fingerprint density at radius 1 is 1.08 bits per heavy atom. The first kappa shape index (κ1) is 14.9. The van der Waals surface area contributed by atoms with E-state index in [0.29, 0.717) is 6.54 Å². The van der Waals surface area contributed by atoms with Gasteiger partial charge in [0.25, 0.3) is 5.69 Å². The van der Waals surface area contributed by atoms with E-state index in [2.05, 4.69) is 59.9 Å². The van der Waals surface area contributed by atoms with E-state index in [1.54, 1.807) is 0 Å². The third-order valence-corrected chi connectivity index (χ3v) is 5.19. The maximum atomic E-state index is 7.16. The molecule has 1 aliphatic heterocycles. The molecule has 0 atom stereocenters. The lowest BCUT2D eigenvalue weighted by Crippen LogP contribution is -2.32. The molecular formula is C23H17N2O+. The molecular weight excluding hydrogens is 320 g/mol. The third kappa shape index (κ3) is 1.96. The van der Waals surface area contributed by atoms with E-state index in [9.17, 15) is 0 Å². The maximum Gasteiger partial charge on any atom is 0.257 e. The van der Waals surface area contributed by atoms with Gasteiger partial charge in [-0.2, -0.15) is 4.57 Å². The van der Waals surface area contributed by atoms with Gasteiger partial charge in [0.15, 0.2) is 6.20 Å². The number of ether oxygens (including phenoxy) is 1. The van der Waals surface area contributed by atoms with Gasteiger partial charge >= 0.3 is 0 Å². The number of aromatic nitrogens is 1. The van der Waals surface area contributed by atoms with Gasteiger partial charge in [-0.1, -0.05) is 30.3 Å². The number of rotatable bonds is 1. The fraction of sp³-hybridized carbons (Fsp3) is 0.130. The van der Waals surface area contributed by atoms with Crippen molar-refractivity contribution in [1.29, 1.82) is 0 Å². The van der Waals surface area contributed by atoms with Gasteiger partial charge < -0.3 is 9.58 Å². The Morgan fingerprint density at radius 3 is 2.77 bits per heavy atom. The highest BCUT2D eigenvalue weighted by molar-refractivity contribution is 6.06. The number of fused-ring (bicyclic) bond motifs is 4. The van der Waals surface area contributed by atoms with Crippen LogP contribution in [0.3, 0.4) is 0 Å². The summed E-state index contributed by atoms with van der Waals surface area (Å²) in [5, 5.41) is 4.54. The minimum atomic E-state index is 0.386. The Labute approximate surface area is 151 Å². The first-order valence-electron chi connectivity index (χ1n) is 8.66. The molecule has 0 aliphatic carbocycles. The zero-order valence-corrected chi connectivity index (χ0v) is 14.7. The second-order valence-electron chi connectivity index (χ2n) is 6.87. The first-order chi connectivity index (χ1) is 12.7. The molecule has 0 bridgehead atoms. The highest BCUT2D eigenvalue weighted by Crippen LogP contribution is 2.48. The minimum absolute atomic E-state index is 0.386. The van der Waals surface area contributed by atoms with Gasteiger partial charge in [0.1, 0.15) is 12.8 Å². The summed E-state index contributed by atoms with van der Waals surface area (Å²) in [6.45, 7) is 9.70. The van der Waals surface area contributed by atoms with E-state index < -0.39 is 0 Å². The molecule has 3 nitrogen and oxygen atoms in total. The quantitative estimate of drug-likeness (QED) is 0.299. The molecule has 124 valence electrons. The van der Waals surface area contributed by atoms with Crippen LogP contribution >= 0.6 is 0 Å². The van der Waals surface area contributed by atoms with Crippen LogP contribution < -0.4 is 9.30 Å². The molecule has 0 amide bonds. The molecule has 0 saturated carbocycles. The van der Waals surface area contributed by atoms with Crippen LogP contribution in [0.15, 0.2) is 54.7 Å². The molecule has 3 heteroatoms. The van der Waals surface area contributed by atoms with Crippen molar-refractivity contribution < 1.29 is 9.30 Å². The second kappa shape index (κ2) is 5.31. The summed E-state index contributed by atoms with van der Waals surface area (Å²) < 4.78 is 8.59. The molecule has 3 aromatic carbocycles. The summed E-state index contributed by atoms with van der Waals surface area (Å²) in [4.78, 5) is 3.53. The summed E-state index contributed by atoms with van der Waals surface area (Å²) in [5.74, 6) is 1.78. The summed E-state index contributed by atoms with van der Waals surface area (Å²) in [7, 11) is 2.07. The molecule has 0 fully saturated rings. The molecule has 0 unspecified atom stereocenters. The molecule has 5 rings (SSSR count). The lowest BCUT2D eigenvalue weighted by molar-refractivity contribution is -0.659. The van der Waals surface area contributed by atoms with Crippen LogP contribution in [0.5, 0.6) is 11.5 Å². The Kier molecular flexibility index (Phi) is 3.05. The van der Waals surface area contributed by atoms with Crippen molar-refractivity contribution in [2.75, 3.05) is 0 Å². The monoisotopic (exact) mass is 337 g/mol. The molecule has 0 N–H and O–H groups in total. The smallest absolute Gasteiger partial charge is 0.257 e. The maximum absolute atomic E-state index is 7.16. The van der Waals surface area contributed by atoms with Crippen molar-refractivity contribution in [2.24, 2.45) is 7.05 Å². The van der Waals surface area contributed by atoms with Gasteiger partial charge in [-0.25, -0.2) is 6.57 Å². The van der Waals surface area contributed by atoms with Crippen molar-refractivity contribution in [3.8, 4) is 22.8 Å². The van der Waals surface area contributed by atoms with Crippen molar-refractivity contribution >= 4 is 21.5 Å². The minimum Gasteiger partial charge on any atom is -0.449 e. The summed E-state index contributed by atoms with van der Waals surface area (Å²) in [5.41, 5.74) is 4.58. The van der Waals surface area contributed by atoms with E-state index in [1.807, 2.05) is 18.2 Å². The Morgan fingerprint density at radius 2 is 1.92 bits per heavy atom. The normalized spacial score (nSPS) is 11.9. The fourth-order valence-electron chi connectivity index (χ4n) is 4.01. The van der Waals surface area contributed by atoms with Crippen molar-refractivity contribution in [2.45, 2.75) is 13.5 Å². The zero-order valence-electron chi connectivity index (χ0n) is 14.7. The Balaban J connectivity index is 1.94. The van der Waals surface area contributed by atoms with Crippen LogP contribution in [-0.4, -0.2) is 0 Å². The summed E-state index contributed by atoms with van der Waals surface area (Å²) in [6, 6.07) is 16.7. The predicted molar refractivity (Wildman–Crippen MR) is 103 cm³/mol. The number of hydrogen-bond donors (Lipinski definition) is 0. The zero-order chi connectivity index (χ0) is 17.8. The lowest BCUT2D eigenvalue weighted by atomic mass is 9.92. The topological polar surface area (TPSA) is 17.5 Å². The van der Waals surface area contributed by atoms with Crippen molar-refractivity contribution in [3.63, 3.8) is 0 Å². The van der Waals surface area contributed by atoms with Crippen LogP contribution in [0.2, 0.25) is 0 Å². The number of benzene rings is 3. The SMILES string of the molecule is [C-]#[N+]Cc1ccc2c[n+](C)c3c(c2c1)Oc1cccc2ccc(C)c-3c12. The van der Waals surface area contributed by atoms with Crippen LogP contribution in [0, 0.1) is 13.5 Å². The van der Waals surface area contributed by atoms with Gasteiger partial charge in [-0.3, -0.25) is 0 Å². The van der Waals surface area contributed by atoms with E-state index in [-0.39, 0.29) is 0 Å². The van der Waals surface area contributed by atoms with Gasteiger partial charge in [-0.05, 0) is 36.1 Å². The molecule has 0 spiro atoms. The molecule has 2 heterocycles. The van der Waals surface area contributed by atoms with Crippen LogP contribution in [0.4, 0.5) is 0 Å². The molecule has 4 aromatic rings. The van der Waals surface area contributed by atoms with Crippen molar-refractivity contribution in [1.82, 2.24) is 0 Å². The van der Waals surface area contributed by atoms with Crippen LogP contribution in [0.25, 0.3) is 37.6 Å². The Hall–Kier alpha value is -3.38. The number of aryl methyl sites for hydroxylation is 2. The van der Waals surface area contributed by atoms with E-state index in [0.717, 1.165) is 33.5 Å². The number of nitrogens with zero attached hydrogens (tertiary/aromatic N) is 2. The predicted octanol–water partition coefficient (Wildman–Crippen LogP) is 5.32. The average molecular weight is 337 g/mol. The van der Waals surface area contributed by atoms with Gasteiger partial charge in [0.2, 0.25) is 12.3 Å². The molecule has 1 aromatic heterocycles. The van der Waals surface area contributed by atoms with Gasteiger partial charge in [0, 0.05) is 21.7 Å². The highest BCUT2D eigenvalue weighted by Gasteiger charge is 2.31. The number of pyridine rings is 1. The first-order valence-corrected chi connectivity index (χ1v) is 8.66. The lowest BCUT2D eigenvalue weighted by Gasteiger charge is -2.21. The average Bonchev–Trinajstić information content (AvgIpc) is 2.65.